The minimum atomic E-state index is -0.446. The third kappa shape index (κ3) is 4.31. The van der Waals surface area contributed by atoms with Crippen LogP contribution < -0.4 is 4.74 Å². The van der Waals surface area contributed by atoms with Gasteiger partial charge in [-0.05, 0) is 36.4 Å². The molecule has 5 nitrogen and oxygen atoms in total. The van der Waals surface area contributed by atoms with E-state index in [0.717, 1.165) is 0 Å². The Hall–Kier alpha value is -2.84. The number of hydrogen-bond acceptors (Lipinski definition) is 5. The molecule has 0 bridgehead atoms. The third-order valence-corrected chi connectivity index (χ3v) is 3.05. The van der Waals surface area contributed by atoms with Crippen LogP contribution in [-0.2, 0) is 0 Å². The van der Waals surface area contributed by atoms with E-state index in [9.17, 15) is 10.1 Å². The molecule has 0 N–H and O–H groups in total. The molecular formula is C17H14ClN3O2. The van der Waals surface area contributed by atoms with Gasteiger partial charge in [0, 0.05) is 31.5 Å². The Morgan fingerprint density at radius 3 is 2.61 bits per heavy atom. The largest absolute Gasteiger partial charge is 0.438 e. The van der Waals surface area contributed by atoms with Crippen molar-refractivity contribution in [1.29, 1.82) is 5.26 Å². The maximum absolute atomic E-state index is 12.5. The van der Waals surface area contributed by atoms with E-state index in [0.29, 0.717) is 10.8 Å². The molecule has 6 heteroatoms. The summed E-state index contributed by atoms with van der Waals surface area (Å²) in [4.78, 5) is 18.2. The van der Waals surface area contributed by atoms with Crippen LogP contribution in [0.15, 0.2) is 54.4 Å². The summed E-state index contributed by atoms with van der Waals surface area (Å²) in [5.41, 5.74) is 0.223. The number of aromatic nitrogens is 1. The lowest BCUT2D eigenvalue weighted by molar-refractivity contribution is 0.103. The summed E-state index contributed by atoms with van der Waals surface area (Å²) in [5, 5.41) is 9.76. The van der Waals surface area contributed by atoms with Crippen LogP contribution in [0, 0.1) is 11.3 Å². The molecule has 0 amide bonds. The molecule has 0 saturated heterocycles. The highest BCUT2D eigenvalue weighted by Gasteiger charge is 2.18. The van der Waals surface area contributed by atoms with E-state index < -0.39 is 5.78 Å². The molecule has 0 aliphatic rings. The Balaban J connectivity index is 2.35. The zero-order valence-electron chi connectivity index (χ0n) is 12.7. The van der Waals surface area contributed by atoms with Crippen LogP contribution in [0.4, 0.5) is 0 Å². The SMILES string of the molecule is CN(C)/C=C(\C#N)C(=O)c1cccnc1Oc1ccc(Cl)cc1. The summed E-state index contributed by atoms with van der Waals surface area (Å²) in [6.45, 7) is 0. The molecule has 0 unspecified atom stereocenters. The lowest BCUT2D eigenvalue weighted by Crippen LogP contribution is -2.10. The number of pyridine rings is 1. The number of rotatable bonds is 5. The molecule has 0 aliphatic heterocycles. The molecule has 2 aromatic rings. The van der Waals surface area contributed by atoms with Gasteiger partial charge in [0.1, 0.15) is 17.4 Å². The Bertz CT molecular complexity index is 777. The van der Waals surface area contributed by atoms with E-state index in [1.54, 1.807) is 55.4 Å². The molecule has 23 heavy (non-hydrogen) atoms. The maximum atomic E-state index is 12.5. The summed E-state index contributed by atoms with van der Waals surface area (Å²) in [6, 6.07) is 11.8. The quantitative estimate of drug-likeness (QED) is 0.476. The summed E-state index contributed by atoms with van der Waals surface area (Å²) in [5.74, 6) is 0.190. The van der Waals surface area contributed by atoms with Gasteiger partial charge in [-0.15, -0.1) is 0 Å². The number of Topliss-reactive ketones (excluding diaryl/α,β-unsaturated/α-hetero) is 1. The van der Waals surface area contributed by atoms with Crippen molar-refractivity contribution in [3.8, 4) is 17.7 Å². The molecule has 0 atom stereocenters. The molecular weight excluding hydrogens is 314 g/mol. The fourth-order valence-electron chi connectivity index (χ4n) is 1.80. The van der Waals surface area contributed by atoms with Crippen LogP contribution in [0.1, 0.15) is 10.4 Å². The molecule has 0 aliphatic carbocycles. The molecule has 0 fully saturated rings. The van der Waals surface area contributed by atoms with E-state index in [2.05, 4.69) is 4.98 Å². The van der Waals surface area contributed by atoms with Crippen LogP contribution >= 0.6 is 11.6 Å². The fraction of sp³-hybridized carbons (Fsp3) is 0.118. The second-order valence-corrected chi connectivity index (χ2v) is 5.30. The van der Waals surface area contributed by atoms with Crippen molar-refractivity contribution in [2.24, 2.45) is 0 Å². The number of benzene rings is 1. The van der Waals surface area contributed by atoms with Gasteiger partial charge in [-0.25, -0.2) is 4.98 Å². The number of nitrogens with zero attached hydrogens (tertiary/aromatic N) is 3. The van der Waals surface area contributed by atoms with Crippen molar-refractivity contribution >= 4 is 17.4 Å². The van der Waals surface area contributed by atoms with Crippen molar-refractivity contribution in [3.05, 3.63) is 65.0 Å². The average molecular weight is 328 g/mol. The number of nitriles is 1. The van der Waals surface area contributed by atoms with Crippen LogP contribution in [0.3, 0.4) is 0 Å². The van der Waals surface area contributed by atoms with Crippen molar-refractivity contribution in [3.63, 3.8) is 0 Å². The second kappa shape index (κ2) is 7.43. The van der Waals surface area contributed by atoms with E-state index in [1.807, 2.05) is 6.07 Å². The summed E-state index contributed by atoms with van der Waals surface area (Å²) < 4.78 is 5.64. The standard InChI is InChI=1S/C17H14ClN3O2/c1-21(2)11-12(10-19)16(22)15-4-3-9-20-17(15)23-14-7-5-13(18)6-8-14/h3-9,11H,1-2H3/b12-11+. The number of hydrogen-bond donors (Lipinski definition) is 0. The minimum absolute atomic E-state index is 0.00366. The van der Waals surface area contributed by atoms with Gasteiger partial charge in [0.2, 0.25) is 11.7 Å². The predicted octanol–water partition coefficient (Wildman–Crippen LogP) is 3.68. The van der Waals surface area contributed by atoms with Crippen molar-refractivity contribution in [2.75, 3.05) is 14.1 Å². The van der Waals surface area contributed by atoms with Crippen LogP contribution in [0.5, 0.6) is 11.6 Å². The molecule has 1 heterocycles. The topological polar surface area (TPSA) is 66.2 Å². The van der Waals surface area contributed by atoms with E-state index >= 15 is 0 Å². The highest BCUT2D eigenvalue weighted by Crippen LogP contribution is 2.25. The number of halogens is 1. The minimum Gasteiger partial charge on any atom is -0.438 e. The number of allylic oxidation sites excluding steroid dienone is 1. The Morgan fingerprint density at radius 1 is 1.30 bits per heavy atom. The molecule has 0 spiro atoms. The number of ketones is 1. The number of ether oxygens (including phenoxy) is 1. The van der Waals surface area contributed by atoms with Gasteiger partial charge >= 0.3 is 0 Å². The van der Waals surface area contributed by atoms with Crippen molar-refractivity contribution in [1.82, 2.24) is 9.88 Å². The first-order valence-electron chi connectivity index (χ1n) is 6.72. The Labute approximate surface area is 139 Å². The lowest BCUT2D eigenvalue weighted by atomic mass is 10.1. The first-order chi connectivity index (χ1) is 11.0. The molecule has 116 valence electrons. The molecule has 0 saturated carbocycles. The average Bonchev–Trinajstić information content (AvgIpc) is 2.54. The van der Waals surface area contributed by atoms with E-state index in [4.69, 9.17) is 16.3 Å². The molecule has 1 aromatic carbocycles. The van der Waals surface area contributed by atoms with Crippen molar-refractivity contribution < 1.29 is 9.53 Å². The second-order valence-electron chi connectivity index (χ2n) is 4.86. The molecule has 2 rings (SSSR count). The van der Waals surface area contributed by atoms with E-state index in [-0.39, 0.29) is 17.0 Å². The first kappa shape index (κ1) is 16.5. The molecule has 1 aromatic heterocycles. The Kier molecular flexibility index (Phi) is 5.34. The highest BCUT2D eigenvalue weighted by atomic mass is 35.5. The van der Waals surface area contributed by atoms with Gasteiger partial charge in [0.15, 0.2) is 0 Å². The Morgan fingerprint density at radius 2 is 2.00 bits per heavy atom. The maximum Gasteiger partial charge on any atom is 0.230 e. The van der Waals surface area contributed by atoms with E-state index in [1.165, 1.54) is 12.4 Å². The van der Waals surface area contributed by atoms with Crippen molar-refractivity contribution in [2.45, 2.75) is 0 Å². The van der Waals surface area contributed by atoms with Crippen LogP contribution in [0.25, 0.3) is 0 Å². The van der Waals surface area contributed by atoms with Gasteiger partial charge < -0.3 is 9.64 Å². The smallest absolute Gasteiger partial charge is 0.230 e. The summed E-state index contributed by atoms with van der Waals surface area (Å²) >= 11 is 5.83. The highest BCUT2D eigenvalue weighted by molar-refractivity contribution is 6.30. The predicted molar refractivity (Wildman–Crippen MR) is 87.5 cm³/mol. The van der Waals surface area contributed by atoms with Gasteiger partial charge in [-0.3, -0.25) is 4.79 Å². The third-order valence-electron chi connectivity index (χ3n) is 2.80. The van der Waals surface area contributed by atoms with Gasteiger partial charge in [0.05, 0.1) is 5.56 Å². The summed E-state index contributed by atoms with van der Waals surface area (Å²) in [7, 11) is 3.47. The molecule has 0 radical (unpaired) electrons. The zero-order valence-corrected chi connectivity index (χ0v) is 13.4. The lowest BCUT2D eigenvalue weighted by Gasteiger charge is -2.10. The van der Waals surface area contributed by atoms with Gasteiger partial charge in [0.25, 0.3) is 0 Å². The van der Waals surface area contributed by atoms with Crippen LogP contribution in [0.2, 0.25) is 5.02 Å². The monoisotopic (exact) mass is 327 g/mol. The number of carbonyl (C=O) groups is 1. The number of carbonyl (C=O) groups excluding carboxylic acids is 1. The van der Waals surface area contributed by atoms with Gasteiger partial charge in [-0.1, -0.05) is 11.6 Å². The summed E-state index contributed by atoms with van der Waals surface area (Å²) in [6.07, 6.45) is 2.98. The van der Waals surface area contributed by atoms with Gasteiger partial charge in [-0.2, -0.15) is 5.26 Å². The van der Waals surface area contributed by atoms with Crippen LogP contribution in [-0.4, -0.2) is 29.8 Å². The zero-order chi connectivity index (χ0) is 16.8. The first-order valence-corrected chi connectivity index (χ1v) is 7.10. The normalized spacial score (nSPS) is 10.8. The fourth-order valence-corrected chi connectivity index (χ4v) is 1.93.